The van der Waals surface area contributed by atoms with Crippen molar-refractivity contribution in [2.24, 2.45) is 5.73 Å². The Morgan fingerprint density at radius 2 is 2.11 bits per heavy atom. The Labute approximate surface area is 120 Å². The second kappa shape index (κ2) is 6.16. The number of ether oxygens (including phenoxy) is 1. The molecular formula is C13H16BrN3O2. The summed E-state index contributed by atoms with van der Waals surface area (Å²) in [6.45, 7) is 4.11. The number of rotatable bonds is 5. The van der Waals surface area contributed by atoms with Gasteiger partial charge in [0.05, 0.1) is 0 Å². The number of nitrogens with two attached hydrogens (primary N) is 1. The van der Waals surface area contributed by atoms with E-state index in [1.165, 1.54) is 0 Å². The number of benzene rings is 1. The molecule has 0 aliphatic heterocycles. The van der Waals surface area contributed by atoms with Crippen LogP contribution in [0.4, 0.5) is 0 Å². The Hall–Kier alpha value is -1.40. The molecule has 6 heteroatoms. The van der Waals surface area contributed by atoms with E-state index < -0.39 is 0 Å². The van der Waals surface area contributed by atoms with Crippen molar-refractivity contribution >= 4 is 15.9 Å². The van der Waals surface area contributed by atoms with E-state index in [1.54, 1.807) is 0 Å². The number of hydrogen-bond acceptors (Lipinski definition) is 5. The molecule has 0 spiro atoms. The van der Waals surface area contributed by atoms with Gasteiger partial charge in [-0.2, -0.15) is 0 Å². The molecule has 1 atom stereocenters. The van der Waals surface area contributed by atoms with Crippen LogP contribution in [0.3, 0.4) is 0 Å². The summed E-state index contributed by atoms with van der Waals surface area (Å²) in [5, 5.41) is 7.81. The Morgan fingerprint density at radius 1 is 1.37 bits per heavy atom. The van der Waals surface area contributed by atoms with E-state index in [0.717, 1.165) is 22.2 Å². The van der Waals surface area contributed by atoms with Gasteiger partial charge >= 0.3 is 0 Å². The highest BCUT2D eigenvalue weighted by molar-refractivity contribution is 9.10. The minimum atomic E-state index is -0.100. The van der Waals surface area contributed by atoms with Crippen molar-refractivity contribution in [3.63, 3.8) is 0 Å². The highest BCUT2D eigenvalue weighted by atomic mass is 79.9. The lowest BCUT2D eigenvalue weighted by molar-refractivity contribution is 0.256. The van der Waals surface area contributed by atoms with E-state index in [1.807, 2.05) is 32.0 Å². The van der Waals surface area contributed by atoms with Crippen LogP contribution in [0.1, 0.15) is 37.2 Å². The molecule has 2 N–H and O–H groups in total. The Balaban J connectivity index is 2.12. The van der Waals surface area contributed by atoms with Crippen LogP contribution < -0.4 is 10.5 Å². The molecule has 5 nitrogen and oxygen atoms in total. The maximum absolute atomic E-state index is 5.91. The van der Waals surface area contributed by atoms with Crippen LogP contribution in [0, 0.1) is 0 Å². The van der Waals surface area contributed by atoms with Gasteiger partial charge in [0.2, 0.25) is 5.89 Å². The quantitative estimate of drug-likeness (QED) is 0.914. The van der Waals surface area contributed by atoms with Crippen molar-refractivity contribution in [1.82, 2.24) is 10.2 Å². The van der Waals surface area contributed by atoms with Crippen molar-refractivity contribution in [2.45, 2.75) is 32.9 Å². The molecule has 2 aromatic rings. The van der Waals surface area contributed by atoms with Gasteiger partial charge in [0.25, 0.3) is 5.89 Å². The smallest absolute Gasteiger partial charge is 0.253 e. The van der Waals surface area contributed by atoms with Gasteiger partial charge in [0.1, 0.15) is 5.75 Å². The van der Waals surface area contributed by atoms with Crippen LogP contribution in [0.5, 0.6) is 5.75 Å². The first kappa shape index (κ1) is 14.0. The van der Waals surface area contributed by atoms with E-state index in [9.17, 15) is 0 Å². The van der Waals surface area contributed by atoms with Gasteiger partial charge in [-0.3, -0.25) is 0 Å². The number of nitrogens with zero attached hydrogens (tertiary/aromatic N) is 2. The Bertz CT molecular complexity index is 555. The molecule has 1 heterocycles. The van der Waals surface area contributed by atoms with Crippen LogP contribution in [0.25, 0.3) is 0 Å². The fourth-order valence-electron chi connectivity index (χ4n) is 1.64. The fourth-order valence-corrected chi connectivity index (χ4v) is 1.98. The molecule has 0 radical (unpaired) electrons. The zero-order valence-corrected chi connectivity index (χ0v) is 12.5. The topological polar surface area (TPSA) is 74.2 Å². The molecule has 1 unspecified atom stereocenters. The van der Waals surface area contributed by atoms with Gasteiger partial charge in [0, 0.05) is 22.5 Å². The highest BCUT2D eigenvalue weighted by Crippen LogP contribution is 2.28. The first-order chi connectivity index (χ1) is 9.10. The van der Waals surface area contributed by atoms with E-state index in [4.69, 9.17) is 14.9 Å². The predicted octanol–water partition coefficient (Wildman–Crippen LogP) is 2.99. The number of hydrogen-bond donors (Lipinski definition) is 1. The zero-order chi connectivity index (χ0) is 13.8. The van der Waals surface area contributed by atoms with Gasteiger partial charge in [-0.05, 0) is 19.1 Å². The minimum absolute atomic E-state index is 0.100. The van der Waals surface area contributed by atoms with Crippen molar-refractivity contribution < 1.29 is 9.15 Å². The molecule has 0 amide bonds. The molecule has 0 aliphatic carbocycles. The summed E-state index contributed by atoms with van der Waals surface area (Å²) in [5.41, 5.74) is 6.86. The summed E-state index contributed by atoms with van der Waals surface area (Å²) >= 11 is 3.41. The molecule has 1 aromatic carbocycles. The second-order valence-corrected chi connectivity index (χ2v) is 5.12. The lowest BCUT2D eigenvalue weighted by Gasteiger charge is -2.13. The Kier molecular flexibility index (Phi) is 4.55. The zero-order valence-electron chi connectivity index (χ0n) is 10.9. The van der Waals surface area contributed by atoms with Crippen LogP contribution in [-0.2, 0) is 13.0 Å². The molecule has 2 rings (SSSR count). The fraction of sp³-hybridized carbons (Fsp3) is 0.385. The second-order valence-electron chi connectivity index (χ2n) is 4.20. The minimum Gasteiger partial charge on any atom is -0.483 e. The van der Waals surface area contributed by atoms with Crippen LogP contribution in [0.2, 0.25) is 0 Å². The van der Waals surface area contributed by atoms with E-state index in [2.05, 4.69) is 26.1 Å². The third kappa shape index (κ3) is 3.54. The molecule has 0 aliphatic rings. The summed E-state index contributed by atoms with van der Waals surface area (Å²) in [4.78, 5) is 0. The summed E-state index contributed by atoms with van der Waals surface area (Å²) in [6.07, 6.45) is 0.717. The van der Waals surface area contributed by atoms with Crippen molar-refractivity contribution in [3.8, 4) is 5.75 Å². The predicted molar refractivity (Wildman–Crippen MR) is 74.8 cm³/mol. The molecule has 0 bridgehead atoms. The molecular weight excluding hydrogens is 310 g/mol. The lowest BCUT2D eigenvalue weighted by atomic mass is 10.1. The van der Waals surface area contributed by atoms with Gasteiger partial charge in [-0.1, -0.05) is 28.9 Å². The normalized spacial score (nSPS) is 12.4. The average Bonchev–Trinajstić information content (AvgIpc) is 2.84. The van der Waals surface area contributed by atoms with Gasteiger partial charge in [-0.25, -0.2) is 0 Å². The van der Waals surface area contributed by atoms with Gasteiger partial charge in [-0.15, -0.1) is 10.2 Å². The first-order valence-electron chi connectivity index (χ1n) is 6.09. The van der Waals surface area contributed by atoms with Crippen LogP contribution in [0.15, 0.2) is 27.1 Å². The lowest BCUT2D eigenvalue weighted by Crippen LogP contribution is -2.08. The summed E-state index contributed by atoms with van der Waals surface area (Å²) in [5.74, 6) is 1.80. The first-order valence-corrected chi connectivity index (χ1v) is 6.88. The molecule has 102 valence electrons. The molecule has 0 saturated heterocycles. The molecule has 1 aromatic heterocycles. The molecule has 0 fully saturated rings. The molecule has 19 heavy (non-hydrogen) atoms. The summed E-state index contributed by atoms with van der Waals surface area (Å²) < 4.78 is 12.0. The van der Waals surface area contributed by atoms with Crippen molar-refractivity contribution in [2.75, 3.05) is 0 Å². The molecule has 0 saturated carbocycles. The third-order valence-corrected chi connectivity index (χ3v) is 3.12. The third-order valence-electron chi connectivity index (χ3n) is 2.63. The van der Waals surface area contributed by atoms with Crippen molar-refractivity contribution in [1.29, 1.82) is 0 Å². The van der Waals surface area contributed by atoms with Crippen LogP contribution in [-0.4, -0.2) is 10.2 Å². The number of aryl methyl sites for hydroxylation is 1. The maximum atomic E-state index is 5.91. The number of halogens is 1. The van der Waals surface area contributed by atoms with Crippen molar-refractivity contribution in [3.05, 3.63) is 40.0 Å². The monoisotopic (exact) mass is 325 g/mol. The van der Waals surface area contributed by atoms with Crippen LogP contribution >= 0.6 is 15.9 Å². The van der Waals surface area contributed by atoms with E-state index in [0.29, 0.717) is 11.8 Å². The van der Waals surface area contributed by atoms with Gasteiger partial charge in [0.15, 0.2) is 6.61 Å². The summed E-state index contributed by atoms with van der Waals surface area (Å²) in [6, 6.07) is 5.66. The SMILES string of the molecule is CCc1nnc(COc2cc(Br)ccc2C(C)N)o1. The maximum Gasteiger partial charge on any atom is 0.253 e. The van der Waals surface area contributed by atoms with E-state index in [-0.39, 0.29) is 12.6 Å². The average molecular weight is 326 g/mol. The highest BCUT2D eigenvalue weighted by Gasteiger charge is 2.11. The Morgan fingerprint density at radius 3 is 2.74 bits per heavy atom. The largest absolute Gasteiger partial charge is 0.483 e. The standard InChI is InChI=1S/C13H16BrN3O2/c1-3-12-16-17-13(19-12)7-18-11-6-9(14)4-5-10(11)8(2)15/h4-6,8H,3,7,15H2,1-2H3. The number of aromatic nitrogens is 2. The summed E-state index contributed by atoms with van der Waals surface area (Å²) in [7, 11) is 0. The van der Waals surface area contributed by atoms with E-state index >= 15 is 0 Å². The van der Waals surface area contributed by atoms with Gasteiger partial charge < -0.3 is 14.9 Å².